The molecule has 1 saturated carbocycles. The number of nitrogens with zero attached hydrogens (tertiary/aromatic N) is 1. The van der Waals surface area contributed by atoms with Crippen LogP contribution in [-0.2, 0) is 9.59 Å². The van der Waals surface area contributed by atoms with Gasteiger partial charge in [-0.25, -0.2) is 0 Å². The minimum atomic E-state index is -0.719. The third-order valence-electron chi connectivity index (χ3n) is 5.73. The maximum Gasteiger partial charge on any atom is 0.306 e. The van der Waals surface area contributed by atoms with Crippen LogP contribution in [0.5, 0.6) is 0 Å². The minimum absolute atomic E-state index is 0.0552. The van der Waals surface area contributed by atoms with Gasteiger partial charge < -0.3 is 10.0 Å². The van der Waals surface area contributed by atoms with E-state index in [2.05, 4.69) is 13.8 Å². The molecular weight excluding hydrogens is 266 g/mol. The first-order valence-electron chi connectivity index (χ1n) is 8.32. The topological polar surface area (TPSA) is 57.6 Å². The molecule has 3 atom stereocenters. The van der Waals surface area contributed by atoms with Gasteiger partial charge in [0.2, 0.25) is 5.91 Å². The normalized spacial score (nSPS) is 32.7. The zero-order valence-electron chi connectivity index (χ0n) is 13.6. The van der Waals surface area contributed by atoms with Crippen molar-refractivity contribution in [2.24, 2.45) is 23.2 Å². The van der Waals surface area contributed by atoms with E-state index in [9.17, 15) is 9.59 Å². The van der Waals surface area contributed by atoms with E-state index in [-0.39, 0.29) is 23.2 Å². The minimum Gasteiger partial charge on any atom is -0.481 e. The molecule has 21 heavy (non-hydrogen) atoms. The van der Waals surface area contributed by atoms with E-state index in [1.54, 1.807) is 0 Å². The molecule has 1 aliphatic carbocycles. The average Bonchev–Trinajstić information content (AvgIpc) is 2.40. The van der Waals surface area contributed by atoms with Crippen molar-refractivity contribution in [2.75, 3.05) is 13.1 Å². The largest absolute Gasteiger partial charge is 0.481 e. The third-order valence-corrected chi connectivity index (χ3v) is 5.73. The van der Waals surface area contributed by atoms with Crippen molar-refractivity contribution >= 4 is 11.9 Å². The van der Waals surface area contributed by atoms with Crippen molar-refractivity contribution in [1.29, 1.82) is 0 Å². The van der Waals surface area contributed by atoms with Crippen LogP contribution in [0.4, 0.5) is 0 Å². The van der Waals surface area contributed by atoms with Gasteiger partial charge in [0.1, 0.15) is 0 Å². The first-order valence-corrected chi connectivity index (χ1v) is 8.32. The Morgan fingerprint density at radius 2 is 1.95 bits per heavy atom. The summed E-state index contributed by atoms with van der Waals surface area (Å²) in [4.78, 5) is 25.6. The number of likely N-dealkylation sites (tertiary alicyclic amines) is 1. The van der Waals surface area contributed by atoms with Crippen LogP contribution in [0.1, 0.15) is 59.3 Å². The lowest BCUT2D eigenvalue weighted by molar-refractivity contribution is -0.149. The van der Waals surface area contributed by atoms with Crippen LogP contribution in [0.25, 0.3) is 0 Å². The predicted octanol–water partition coefficient (Wildman–Crippen LogP) is 3.16. The van der Waals surface area contributed by atoms with Gasteiger partial charge in [0.15, 0.2) is 0 Å². The lowest BCUT2D eigenvalue weighted by Crippen LogP contribution is -2.46. The highest BCUT2D eigenvalue weighted by Gasteiger charge is 2.37. The number of rotatable bonds is 3. The molecule has 2 fully saturated rings. The molecule has 0 aromatic heterocycles. The van der Waals surface area contributed by atoms with Crippen LogP contribution >= 0.6 is 0 Å². The van der Waals surface area contributed by atoms with Crippen molar-refractivity contribution in [3.8, 4) is 0 Å². The second-order valence-electron chi connectivity index (χ2n) is 7.69. The molecule has 0 aromatic rings. The first-order chi connectivity index (χ1) is 9.81. The van der Waals surface area contributed by atoms with Gasteiger partial charge in [0.05, 0.1) is 5.92 Å². The number of carboxylic acids is 1. The fourth-order valence-electron chi connectivity index (χ4n) is 4.02. The summed E-state index contributed by atoms with van der Waals surface area (Å²) in [7, 11) is 0. The Kier molecular flexibility index (Phi) is 4.95. The summed E-state index contributed by atoms with van der Waals surface area (Å²) in [6, 6.07) is 0. The zero-order valence-corrected chi connectivity index (χ0v) is 13.6. The van der Waals surface area contributed by atoms with Crippen LogP contribution in [0.2, 0.25) is 0 Å². The SMILES string of the molecule is CC1CN(C(=O)CC2CCCCC2(C)C)CCC1C(=O)O. The zero-order chi connectivity index (χ0) is 15.6. The Morgan fingerprint density at radius 3 is 2.52 bits per heavy atom. The maximum atomic E-state index is 12.6. The van der Waals surface area contributed by atoms with E-state index in [4.69, 9.17) is 5.11 Å². The summed E-state index contributed by atoms with van der Waals surface area (Å²) in [6.07, 6.45) is 6.10. The maximum absolute atomic E-state index is 12.6. The Morgan fingerprint density at radius 1 is 1.24 bits per heavy atom. The highest BCUT2D eigenvalue weighted by molar-refractivity contribution is 5.77. The molecule has 2 rings (SSSR count). The molecule has 0 spiro atoms. The molecule has 1 N–H and O–H groups in total. The molecule has 1 aliphatic heterocycles. The molecule has 120 valence electrons. The summed E-state index contributed by atoms with van der Waals surface area (Å²) in [5.74, 6) is -0.250. The molecule has 2 aliphatic rings. The molecule has 4 nitrogen and oxygen atoms in total. The number of hydrogen-bond donors (Lipinski definition) is 1. The van der Waals surface area contributed by atoms with E-state index in [1.165, 1.54) is 19.3 Å². The highest BCUT2D eigenvalue weighted by Crippen LogP contribution is 2.42. The van der Waals surface area contributed by atoms with Gasteiger partial charge in [0.25, 0.3) is 0 Å². The van der Waals surface area contributed by atoms with Crippen molar-refractivity contribution in [3.63, 3.8) is 0 Å². The molecule has 1 saturated heterocycles. The lowest BCUT2D eigenvalue weighted by Gasteiger charge is -2.41. The molecule has 1 heterocycles. The number of aliphatic carboxylic acids is 1. The average molecular weight is 295 g/mol. The number of hydrogen-bond acceptors (Lipinski definition) is 2. The number of carbonyl (C=O) groups excluding carboxylic acids is 1. The van der Waals surface area contributed by atoms with Gasteiger partial charge in [-0.15, -0.1) is 0 Å². The third kappa shape index (κ3) is 3.78. The van der Waals surface area contributed by atoms with Crippen LogP contribution in [-0.4, -0.2) is 35.0 Å². The van der Waals surface area contributed by atoms with Crippen molar-refractivity contribution in [1.82, 2.24) is 4.90 Å². The van der Waals surface area contributed by atoms with Crippen LogP contribution < -0.4 is 0 Å². The summed E-state index contributed by atoms with van der Waals surface area (Å²) in [6.45, 7) is 7.71. The first kappa shape index (κ1) is 16.3. The van der Waals surface area contributed by atoms with Crippen molar-refractivity contribution in [2.45, 2.75) is 59.3 Å². The van der Waals surface area contributed by atoms with Crippen LogP contribution in [0.15, 0.2) is 0 Å². The van der Waals surface area contributed by atoms with E-state index >= 15 is 0 Å². The lowest BCUT2D eigenvalue weighted by atomic mass is 9.67. The Labute approximate surface area is 127 Å². The summed E-state index contributed by atoms with van der Waals surface area (Å²) >= 11 is 0. The number of carbonyl (C=O) groups is 2. The van der Waals surface area contributed by atoms with Crippen molar-refractivity contribution < 1.29 is 14.7 Å². The van der Waals surface area contributed by atoms with Gasteiger partial charge in [0, 0.05) is 19.5 Å². The summed E-state index contributed by atoms with van der Waals surface area (Å²) in [5.41, 5.74) is 0.263. The number of amides is 1. The van der Waals surface area contributed by atoms with Gasteiger partial charge in [-0.3, -0.25) is 9.59 Å². The fraction of sp³-hybridized carbons (Fsp3) is 0.882. The molecule has 3 unspecified atom stereocenters. The van der Waals surface area contributed by atoms with Gasteiger partial charge in [-0.2, -0.15) is 0 Å². The van der Waals surface area contributed by atoms with E-state index in [0.717, 1.165) is 6.42 Å². The van der Waals surface area contributed by atoms with Crippen LogP contribution in [0, 0.1) is 23.2 Å². The Hall–Kier alpha value is -1.06. The van der Waals surface area contributed by atoms with E-state index in [0.29, 0.717) is 31.8 Å². The summed E-state index contributed by atoms with van der Waals surface area (Å²) in [5, 5.41) is 9.16. The molecule has 0 aromatic carbocycles. The molecule has 0 radical (unpaired) electrons. The predicted molar refractivity (Wildman–Crippen MR) is 81.8 cm³/mol. The van der Waals surface area contributed by atoms with Crippen molar-refractivity contribution in [3.05, 3.63) is 0 Å². The standard InChI is InChI=1S/C17H29NO3/c1-12-11-18(9-7-14(12)16(20)21)15(19)10-13-6-4-5-8-17(13,2)3/h12-14H,4-11H2,1-3H3,(H,20,21). The highest BCUT2D eigenvalue weighted by atomic mass is 16.4. The number of piperidine rings is 1. The fourth-order valence-corrected chi connectivity index (χ4v) is 4.02. The summed E-state index contributed by atoms with van der Waals surface area (Å²) < 4.78 is 0. The molecule has 0 bridgehead atoms. The van der Waals surface area contributed by atoms with Gasteiger partial charge >= 0.3 is 5.97 Å². The molecule has 1 amide bonds. The van der Waals surface area contributed by atoms with Crippen LogP contribution in [0.3, 0.4) is 0 Å². The second kappa shape index (κ2) is 6.37. The molecule has 4 heteroatoms. The Bertz CT molecular complexity index is 405. The molecular formula is C17H29NO3. The Balaban J connectivity index is 1.91. The monoisotopic (exact) mass is 295 g/mol. The second-order valence-corrected chi connectivity index (χ2v) is 7.69. The smallest absolute Gasteiger partial charge is 0.306 e. The number of carboxylic acid groups (broad SMARTS) is 1. The van der Waals surface area contributed by atoms with E-state index < -0.39 is 5.97 Å². The van der Waals surface area contributed by atoms with Gasteiger partial charge in [-0.1, -0.05) is 33.6 Å². The van der Waals surface area contributed by atoms with E-state index in [1.807, 2.05) is 11.8 Å². The quantitative estimate of drug-likeness (QED) is 0.870. The van der Waals surface area contributed by atoms with Gasteiger partial charge in [-0.05, 0) is 36.5 Å².